The molecule has 0 spiro atoms. The predicted molar refractivity (Wildman–Crippen MR) is 105 cm³/mol. The standard InChI is InChI=1S/C18H23N3O2S2/c22-17(8-4-1-5-14-9-10-24-25-14)20-21-18(23)11-13-12-19-16-7-3-2-6-15(13)16/h2-3,6-7,12,14,19H,1,4-5,8-11H2,(H,20,22)(H,21,23). The van der Waals surface area contributed by atoms with Crippen molar-refractivity contribution in [2.75, 3.05) is 5.75 Å². The van der Waals surface area contributed by atoms with Gasteiger partial charge in [0.1, 0.15) is 0 Å². The quantitative estimate of drug-likeness (QED) is 0.392. The number of hydrogen-bond donors (Lipinski definition) is 3. The number of benzene rings is 1. The van der Waals surface area contributed by atoms with Gasteiger partial charge in [0.15, 0.2) is 0 Å². The Kier molecular flexibility index (Phi) is 6.69. The fourth-order valence-corrected chi connectivity index (χ4v) is 5.95. The molecule has 1 fully saturated rings. The highest BCUT2D eigenvalue weighted by Crippen LogP contribution is 2.39. The molecule has 2 aromatic rings. The minimum atomic E-state index is -0.211. The van der Waals surface area contributed by atoms with Crippen LogP contribution in [-0.4, -0.2) is 27.8 Å². The molecule has 1 unspecified atom stereocenters. The number of nitrogens with one attached hydrogen (secondary N) is 3. The molecule has 1 aromatic carbocycles. The summed E-state index contributed by atoms with van der Waals surface area (Å²) in [6.45, 7) is 0. The number of carbonyl (C=O) groups excluding carboxylic acids is 2. The smallest absolute Gasteiger partial charge is 0.242 e. The topological polar surface area (TPSA) is 74.0 Å². The SMILES string of the molecule is O=C(CCCCC1CCSS1)NNC(=O)Cc1c[nH]c2ccccc12. The largest absolute Gasteiger partial charge is 0.361 e. The van der Waals surface area contributed by atoms with Crippen LogP contribution in [0, 0.1) is 0 Å². The van der Waals surface area contributed by atoms with Crippen LogP contribution in [0.25, 0.3) is 10.9 Å². The molecule has 1 aliphatic rings. The van der Waals surface area contributed by atoms with Crippen molar-refractivity contribution >= 4 is 44.3 Å². The minimum Gasteiger partial charge on any atom is -0.361 e. The van der Waals surface area contributed by atoms with Crippen molar-refractivity contribution in [1.29, 1.82) is 0 Å². The summed E-state index contributed by atoms with van der Waals surface area (Å²) in [6.07, 6.45) is 6.92. The lowest BCUT2D eigenvalue weighted by atomic mass is 10.1. The van der Waals surface area contributed by atoms with E-state index < -0.39 is 0 Å². The molecule has 1 atom stereocenters. The molecular formula is C18H23N3O2S2. The molecule has 134 valence electrons. The third kappa shape index (κ3) is 5.44. The van der Waals surface area contributed by atoms with Crippen molar-refractivity contribution in [3.05, 3.63) is 36.0 Å². The minimum absolute atomic E-state index is 0.124. The molecule has 0 bridgehead atoms. The van der Waals surface area contributed by atoms with Gasteiger partial charge in [-0.15, -0.1) is 0 Å². The zero-order valence-corrected chi connectivity index (χ0v) is 15.7. The van der Waals surface area contributed by atoms with Crippen LogP contribution < -0.4 is 10.9 Å². The summed E-state index contributed by atoms with van der Waals surface area (Å²) in [7, 11) is 3.92. The lowest BCUT2D eigenvalue weighted by Gasteiger charge is -2.08. The number of carbonyl (C=O) groups is 2. The molecule has 25 heavy (non-hydrogen) atoms. The first kappa shape index (κ1) is 18.2. The summed E-state index contributed by atoms with van der Waals surface area (Å²) in [6, 6.07) is 7.85. The van der Waals surface area contributed by atoms with E-state index in [1.54, 1.807) is 0 Å². The number of hydrazine groups is 1. The first-order valence-corrected chi connectivity index (χ1v) is 11.0. The summed E-state index contributed by atoms with van der Waals surface area (Å²) in [5.74, 6) is 0.913. The number of H-pyrrole nitrogens is 1. The van der Waals surface area contributed by atoms with E-state index in [1.165, 1.54) is 18.6 Å². The van der Waals surface area contributed by atoms with E-state index in [0.717, 1.165) is 34.6 Å². The normalized spacial score (nSPS) is 16.9. The Labute approximate surface area is 155 Å². The van der Waals surface area contributed by atoms with Gasteiger partial charge in [0, 0.05) is 34.5 Å². The molecule has 1 saturated heterocycles. The van der Waals surface area contributed by atoms with E-state index in [1.807, 2.05) is 52.1 Å². The molecular weight excluding hydrogens is 354 g/mol. The maximum absolute atomic E-state index is 12.0. The number of rotatable bonds is 7. The van der Waals surface area contributed by atoms with Crippen molar-refractivity contribution in [2.24, 2.45) is 0 Å². The molecule has 0 radical (unpaired) electrons. The second-order valence-electron chi connectivity index (χ2n) is 6.21. The number of unbranched alkanes of at least 4 members (excludes halogenated alkanes) is 1. The van der Waals surface area contributed by atoms with Gasteiger partial charge in [0.05, 0.1) is 6.42 Å². The molecule has 7 heteroatoms. The van der Waals surface area contributed by atoms with E-state index in [2.05, 4.69) is 15.8 Å². The number of aromatic nitrogens is 1. The van der Waals surface area contributed by atoms with Gasteiger partial charge in [-0.2, -0.15) is 0 Å². The first-order chi connectivity index (χ1) is 12.2. The third-order valence-electron chi connectivity index (χ3n) is 4.27. The highest BCUT2D eigenvalue weighted by molar-refractivity contribution is 8.77. The molecule has 2 heterocycles. The second-order valence-corrected chi connectivity index (χ2v) is 8.99. The van der Waals surface area contributed by atoms with Gasteiger partial charge in [0.25, 0.3) is 0 Å². The van der Waals surface area contributed by atoms with Gasteiger partial charge >= 0.3 is 0 Å². The number of fused-ring (bicyclic) bond motifs is 1. The summed E-state index contributed by atoms with van der Waals surface area (Å²) in [5.41, 5.74) is 6.95. The van der Waals surface area contributed by atoms with Gasteiger partial charge in [-0.25, -0.2) is 0 Å². The van der Waals surface area contributed by atoms with Crippen LogP contribution in [-0.2, 0) is 16.0 Å². The fraction of sp³-hybridized carbons (Fsp3) is 0.444. The molecule has 0 saturated carbocycles. The summed E-state index contributed by atoms with van der Waals surface area (Å²) in [5, 5.41) is 1.79. The Bertz CT molecular complexity index is 726. The van der Waals surface area contributed by atoms with Crippen molar-refractivity contribution in [3.8, 4) is 0 Å². The Morgan fingerprint density at radius 1 is 1.16 bits per heavy atom. The summed E-state index contributed by atoms with van der Waals surface area (Å²) in [4.78, 5) is 27.0. The highest BCUT2D eigenvalue weighted by atomic mass is 33.1. The van der Waals surface area contributed by atoms with Crippen LogP contribution in [0.5, 0.6) is 0 Å². The molecule has 3 N–H and O–H groups in total. The number of hydrogen-bond acceptors (Lipinski definition) is 4. The molecule has 2 amide bonds. The number of aromatic amines is 1. The van der Waals surface area contributed by atoms with Crippen LogP contribution in [0.2, 0.25) is 0 Å². The van der Waals surface area contributed by atoms with E-state index in [0.29, 0.717) is 6.42 Å². The number of amides is 2. The van der Waals surface area contributed by atoms with E-state index in [4.69, 9.17) is 0 Å². The van der Waals surface area contributed by atoms with Crippen molar-refractivity contribution in [1.82, 2.24) is 15.8 Å². The Hall–Kier alpha value is -1.60. The van der Waals surface area contributed by atoms with Crippen LogP contribution in [0.1, 0.15) is 37.7 Å². The highest BCUT2D eigenvalue weighted by Gasteiger charge is 2.16. The van der Waals surface area contributed by atoms with E-state index in [-0.39, 0.29) is 18.2 Å². The molecule has 3 rings (SSSR count). The summed E-state index contributed by atoms with van der Waals surface area (Å²) < 4.78 is 0. The molecule has 1 aromatic heterocycles. The van der Waals surface area contributed by atoms with Gasteiger partial charge in [-0.1, -0.05) is 46.2 Å². The summed E-state index contributed by atoms with van der Waals surface area (Å²) >= 11 is 0. The van der Waals surface area contributed by atoms with Gasteiger partial charge in [-0.05, 0) is 30.9 Å². The van der Waals surface area contributed by atoms with Crippen molar-refractivity contribution < 1.29 is 9.59 Å². The fourth-order valence-electron chi connectivity index (χ4n) is 2.92. The van der Waals surface area contributed by atoms with Crippen molar-refractivity contribution in [3.63, 3.8) is 0 Å². The van der Waals surface area contributed by atoms with Crippen LogP contribution in [0.15, 0.2) is 30.5 Å². The zero-order valence-electron chi connectivity index (χ0n) is 14.0. The van der Waals surface area contributed by atoms with Crippen LogP contribution >= 0.6 is 21.6 Å². The monoisotopic (exact) mass is 377 g/mol. The Morgan fingerprint density at radius 2 is 2.00 bits per heavy atom. The molecule has 5 nitrogen and oxygen atoms in total. The second kappa shape index (κ2) is 9.20. The van der Waals surface area contributed by atoms with Gasteiger partial charge in [0.2, 0.25) is 11.8 Å². The zero-order chi connectivity index (χ0) is 17.5. The molecule has 1 aliphatic heterocycles. The van der Waals surface area contributed by atoms with Gasteiger partial charge in [-0.3, -0.25) is 20.4 Å². The maximum Gasteiger partial charge on any atom is 0.242 e. The van der Waals surface area contributed by atoms with E-state index >= 15 is 0 Å². The van der Waals surface area contributed by atoms with Gasteiger partial charge < -0.3 is 4.98 Å². The maximum atomic E-state index is 12.0. The van der Waals surface area contributed by atoms with Crippen LogP contribution in [0.3, 0.4) is 0 Å². The van der Waals surface area contributed by atoms with Crippen molar-refractivity contribution in [2.45, 2.75) is 43.8 Å². The molecule has 0 aliphatic carbocycles. The third-order valence-corrected chi connectivity index (χ3v) is 7.28. The van der Waals surface area contributed by atoms with E-state index in [9.17, 15) is 9.59 Å². The lowest BCUT2D eigenvalue weighted by molar-refractivity contribution is -0.128. The average molecular weight is 378 g/mol. The predicted octanol–water partition coefficient (Wildman–Crippen LogP) is 3.57. The number of para-hydroxylation sites is 1. The Balaban J connectivity index is 1.33. The average Bonchev–Trinajstić information content (AvgIpc) is 3.27. The Morgan fingerprint density at radius 3 is 2.84 bits per heavy atom. The van der Waals surface area contributed by atoms with Crippen LogP contribution in [0.4, 0.5) is 0 Å². The first-order valence-electron chi connectivity index (χ1n) is 8.63. The lowest BCUT2D eigenvalue weighted by Crippen LogP contribution is -2.42.